The van der Waals surface area contributed by atoms with Crippen LogP contribution in [-0.2, 0) is 0 Å². The van der Waals surface area contributed by atoms with E-state index in [1.54, 1.807) is 12.1 Å². The molecular formula is C13H16BrFO. The Morgan fingerprint density at radius 1 is 1.25 bits per heavy atom. The summed E-state index contributed by atoms with van der Waals surface area (Å²) >= 11 is 3.17. The van der Waals surface area contributed by atoms with Gasteiger partial charge in [-0.25, -0.2) is 4.39 Å². The summed E-state index contributed by atoms with van der Waals surface area (Å²) in [5.41, 5.74) is 0. The molecule has 0 atom stereocenters. The van der Waals surface area contributed by atoms with E-state index < -0.39 is 0 Å². The van der Waals surface area contributed by atoms with Crippen molar-refractivity contribution in [2.45, 2.75) is 38.7 Å². The second-order valence-corrected chi connectivity index (χ2v) is 5.43. The minimum absolute atomic E-state index is 0.246. The second kappa shape index (κ2) is 5.17. The van der Waals surface area contributed by atoms with Crippen LogP contribution in [0.1, 0.15) is 32.6 Å². The molecule has 1 aromatic rings. The lowest BCUT2D eigenvalue weighted by Crippen LogP contribution is -2.23. The van der Waals surface area contributed by atoms with Crippen LogP contribution >= 0.6 is 15.9 Å². The lowest BCUT2D eigenvalue weighted by molar-refractivity contribution is 0.135. The molecule has 0 radical (unpaired) electrons. The Balaban J connectivity index is 1.96. The van der Waals surface area contributed by atoms with Gasteiger partial charge in [0.15, 0.2) is 0 Å². The Bertz CT molecular complexity index is 359. The first-order valence-corrected chi connectivity index (χ1v) is 6.56. The molecule has 16 heavy (non-hydrogen) atoms. The van der Waals surface area contributed by atoms with Gasteiger partial charge in [-0.15, -0.1) is 0 Å². The molecule has 0 N–H and O–H groups in total. The van der Waals surface area contributed by atoms with Crippen molar-refractivity contribution in [2.24, 2.45) is 5.92 Å². The second-order valence-electron chi connectivity index (χ2n) is 4.58. The molecule has 88 valence electrons. The molecule has 0 unspecified atom stereocenters. The molecule has 0 bridgehead atoms. The van der Waals surface area contributed by atoms with E-state index in [1.807, 2.05) is 0 Å². The third-order valence-corrected chi connectivity index (χ3v) is 3.76. The zero-order valence-electron chi connectivity index (χ0n) is 9.38. The van der Waals surface area contributed by atoms with Gasteiger partial charge in [0.25, 0.3) is 0 Å². The Labute approximate surface area is 104 Å². The summed E-state index contributed by atoms with van der Waals surface area (Å²) < 4.78 is 19.3. The maximum Gasteiger partial charge on any atom is 0.137 e. The van der Waals surface area contributed by atoms with E-state index in [1.165, 1.54) is 18.9 Å². The predicted molar refractivity (Wildman–Crippen MR) is 66.1 cm³/mol. The summed E-state index contributed by atoms with van der Waals surface area (Å²) in [6, 6.07) is 4.83. The molecule has 0 aromatic heterocycles. The van der Waals surface area contributed by atoms with Crippen LogP contribution in [0.15, 0.2) is 22.7 Å². The maximum absolute atomic E-state index is 13.0. The lowest BCUT2D eigenvalue weighted by atomic mass is 9.89. The number of benzene rings is 1. The molecular weight excluding hydrogens is 271 g/mol. The molecule has 1 saturated carbocycles. The summed E-state index contributed by atoms with van der Waals surface area (Å²) in [5.74, 6) is 1.33. The van der Waals surface area contributed by atoms with Crippen molar-refractivity contribution in [1.29, 1.82) is 0 Å². The van der Waals surface area contributed by atoms with Crippen LogP contribution < -0.4 is 4.74 Å². The molecule has 1 aliphatic carbocycles. The van der Waals surface area contributed by atoms with Crippen molar-refractivity contribution < 1.29 is 9.13 Å². The minimum Gasteiger partial charge on any atom is -0.490 e. The average Bonchev–Trinajstić information content (AvgIpc) is 2.27. The number of hydrogen-bond donors (Lipinski definition) is 0. The van der Waals surface area contributed by atoms with Crippen LogP contribution in [0.3, 0.4) is 0 Å². The SMILES string of the molecule is CC1CCC(Oc2ccc(F)c(Br)c2)CC1. The van der Waals surface area contributed by atoms with Crippen molar-refractivity contribution in [3.05, 3.63) is 28.5 Å². The minimum atomic E-state index is -0.246. The van der Waals surface area contributed by atoms with Crippen molar-refractivity contribution in [1.82, 2.24) is 0 Å². The molecule has 3 heteroatoms. The summed E-state index contributed by atoms with van der Waals surface area (Å²) in [4.78, 5) is 0. The van der Waals surface area contributed by atoms with E-state index in [0.29, 0.717) is 10.6 Å². The maximum atomic E-state index is 13.0. The molecule has 0 amide bonds. The molecule has 0 heterocycles. The van der Waals surface area contributed by atoms with Crippen LogP contribution in [-0.4, -0.2) is 6.10 Å². The van der Waals surface area contributed by atoms with Gasteiger partial charge < -0.3 is 4.74 Å². The van der Waals surface area contributed by atoms with Gasteiger partial charge >= 0.3 is 0 Å². The van der Waals surface area contributed by atoms with Crippen LogP contribution in [0.4, 0.5) is 4.39 Å². The Morgan fingerprint density at radius 3 is 2.56 bits per heavy atom. The highest BCUT2D eigenvalue weighted by Crippen LogP contribution is 2.28. The summed E-state index contributed by atoms with van der Waals surface area (Å²) in [6.07, 6.45) is 4.97. The van der Waals surface area contributed by atoms with E-state index in [4.69, 9.17) is 4.74 Å². The van der Waals surface area contributed by atoms with Gasteiger partial charge in [0.05, 0.1) is 10.6 Å². The zero-order chi connectivity index (χ0) is 11.5. The predicted octanol–water partition coefficient (Wildman–Crippen LogP) is 4.55. The van der Waals surface area contributed by atoms with E-state index >= 15 is 0 Å². The van der Waals surface area contributed by atoms with Gasteiger partial charge in [0.1, 0.15) is 11.6 Å². The number of hydrogen-bond acceptors (Lipinski definition) is 1. The van der Waals surface area contributed by atoms with E-state index in [9.17, 15) is 4.39 Å². The molecule has 1 aliphatic rings. The first-order valence-electron chi connectivity index (χ1n) is 5.77. The van der Waals surface area contributed by atoms with Gasteiger partial charge in [0.2, 0.25) is 0 Å². The van der Waals surface area contributed by atoms with Crippen LogP contribution in [0, 0.1) is 11.7 Å². The standard InChI is InChI=1S/C13H16BrFO/c1-9-2-4-10(5-3-9)16-11-6-7-13(15)12(14)8-11/h6-10H,2-5H2,1H3. The lowest BCUT2D eigenvalue weighted by Gasteiger charge is -2.26. The molecule has 1 fully saturated rings. The summed E-state index contributed by atoms with van der Waals surface area (Å²) in [6.45, 7) is 2.28. The molecule has 0 spiro atoms. The van der Waals surface area contributed by atoms with Crippen molar-refractivity contribution in [2.75, 3.05) is 0 Å². The van der Waals surface area contributed by atoms with Gasteiger partial charge in [-0.3, -0.25) is 0 Å². The molecule has 0 aliphatic heterocycles. The molecule has 0 saturated heterocycles. The van der Waals surface area contributed by atoms with Gasteiger partial charge in [0, 0.05) is 0 Å². The number of rotatable bonds is 2. The summed E-state index contributed by atoms with van der Waals surface area (Å²) in [7, 11) is 0. The normalized spacial score (nSPS) is 25.4. The van der Waals surface area contributed by atoms with E-state index in [2.05, 4.69) is 22.9 Å². The van der Waals surface area contributed by atoms with Crippen LogP contribution in [0.2, 0.25) is 0 Å². The third-order valence-electron chi connectivity index (χ3n) is 3.16. The highest BCUT2D eigenvalue weighted by molar-refractivity contribution is 9.10. The van der Waals surface area contributed by atoms with Crippen molar-refractivity contribution in [3.8, 4) is 5.75 Å². The van der Waals surface area contributed by atoms with Crippen molar-refractivity contribution in [3.63, 3.8) is 0 Å². The van der Waals surface area contributed by atoms with Crippen LogP contribution in [0.25, 0.3) is 0 Å². The number of ether oxygens (including phenoxy) is 1. The fourth-order valence-corrected chi connectivity index (χ4v) is 2.45. The average molecular weight is 287 g/mol. The van der Waals surface area contributed by atoms with Gasteiger partial charge in [-0.2, -0.15) is 0 Å². The topological polar surface area (TPSA) is 9.23 Å². The molecule has 1 aromatic carbocycles. The highest BCUT2D eigenvalue weighted by atomic mass is 79.9. The molecule has 1 nitrogen and oxygen atoms in total. The van der Waals surface area contributed by atoms with Gasteiger partial charge in [-0.1, -0.05) is 6.92 Å². The quantitative estimate of drug-likeness (QED) is 0.775. The van der Waals surface area contributed by atoms with Gasteiger partial charge in [-0.05, 0) is 65.7 Å². The monoisotopic (exact) mass is 286 g/mol. The Morgan fingerprint density at radius 2 is 1.94 bits per heavy atom. The summed E-state index contributed by atoms with van der Waals surface area (Å²) in [5, 5.41) is 0. The smallest absolute Gasteiger partial charge is 0.137 e. The fraction of sp³-hybridized carbons (Fsp3) is 0.538. The first-order chi connectivity index (χ1) is 7.65. The van der Waals surface area contributed by atoms with Crippen molar-refractivity contribution >= 4 is 15.9 Å². The fourth-order valence-electron chi connectivity index (χ4n) is 2.09. The van der Waals surface area contributed by atoms with E-state index in [0.717, 1.165) is 24.5 Å². The Hall–Kier alpha value is -0.570. The molecule has 2 rings (SSSR count). The first kappa shape index (κ1) is 11.9. The van der Waals surface area contributed by atoms with Crippen LogP contribution in [0.5, 0.6) is 5.75 Å². The van der Waals surface area contributed by atoms with E-state index in [-0.39, 0.29) is 5.82 Å². The number of halogens is 2. The largest absolute Gasteiger partial charge is 0.490 e. The highest BCUT2D eigenvalue weighted by Gasteiger charge is 2.19. The third kappa shape index (κ3) is 2.97. The Kier molecular flexibility index (Phi) is 3.85. The zero-order valence-corrected chi connectivity index (χ0v) is 11.0.